The molecule has 3 aromatic rings. The summed E-state index contributed by atoms with van der Waals surface area (Å²) in [5.74, 6) is 0.757. The van der Waals surface area contributed by atoms with Crippen molar-refractivity contribution < 1.29 is 4.39 Å². The Bertz CT molecular complexity index is 904. The Morgan fingerprint density at radius 1 is 0.966 bits per heavy atom. The van der Waals surface area contributed by atoms with Crippen molar-refractivity contribution in [3.05, 3.63) is 71.8 Å². The van der Waals surface area contributed by atoms with Crippen LogP contribution in [0.4, 0.5) is 10.1 Å². The molecular formula is C22H27FN6. The second-order valence-corrected chi connectivity index (χ2v) is 7.46. The highest BCUT2D eigenvalue weighted by Gasteiger charge is 2.29. The first-order chi connectivity index (χ1) is 14.3. The van der Waals surface area contributed by atoms with E-state index in [0.29, 0.717) is 12.2 Å². The third kappa shape index (κ3) is 4.45. The van der Waals surface area contributed by atoms with E-state index in [1.54, 1.807) is 6.07 Å². The van der Waals surface area contributed by atoms with Crippen LogP contribution in [0.3, 0.4) is 0 Å². The molecule has 0 saturated carbocycles. The number of rotatable bonds is 7. The molecule has 2 aromatic carbocycles. The predicted octanol–water partition coefficient (Wildman–Crippen LogP) is 3.52. The van der Waals surface area contributed by atoms with Crippen molar-refractivity contribution in [2.75, 3.05) is 31.1 Å². The van der Waals surface area contributed by atoms with E-state index in [1.807, 2.05) is 35.0 Å². The Hall–Kier alpha value is -2.80. The molecule has 2 heterocycles. The average molecular weight is 394 g/mol. The number of halogens is 1. The lowest BCUT2D eigenvalue weighted by Crippen LogP contribution is -2.48. The Balaban J connectivity index is 1.48. The zero-order chi connectivity index (χ0) is 20.1. The fourth-order valence-corrected chi connectivity index (χ4v) is 4.05. The molecule has 29 heavy (non-hydrogen) atoms. The van der Waals surface area contributed by atoms with Gasteiger partial charge in [0.05, 0.1) is 18.3 Å². The Kier molecular flexibility index (Phi) is 6.14. The zero-order valence-electron chi connectivity index (χ0n) is 16.8. The van der Waals surface area contributed by atoms with Crippen LogP contribution in [0.25, 0.3) is 0 Å². The topological polar surface area (TPSA) is 50.1 Å². The van der Waals surface area contributed by atoms with Crippen LogP contribution in [0.2, 0.25) is 0 Å². The first-order valence-corrected chi connectivity index (χ1v) is 10.3. The molecule has 1 saturated heterocycles. The SMILES string of the molecule is CCCC(c1nnnn1Cc1ccccc1)N1CCN(c2ccccc2F)CC1. The molecule has 0 N–H and O–H groups in total. The van der Waals surface area contributed by atoms with Gasteiger partial charge in [0.2, 0.25) is 0 Å². The molecular weight excluding hydrogens is 367 g/mol. The normalized spacial score (nSPS) is 16.1. The van der Waals surface area contributed by atoms with E-state index in [4.69, 9.17) is 0 Å². The Morgan fingerprint density at radius 2 is 1.69 bits per heavy atom. The number of hydrogen-bond donors (Lipinski definition) is 0. The van der Waals surface area contributed by atoms with Crippen molar-refractivity contribution in [2.24, 2.45) is 0 Å². The maximum absolute atomic E-state index is 14.1. The van der Waals surface area contributed by atoms with Gasteiger partial charge in [-0.05, 0) is 34.5 Å². The number of tetrazole rings is 1. The molecule has 1 atom stereocenters. The van der Waals surface area contributed by atoms with Crippen LogP contribution in [-0.2, 0) is 6.54 Å². The smallest absolute Gasteiger partial charge is 0.168 e. The number of aromatic nitrogens is 4. The van der Waals surface area contributed by atoms with Gasteiger partial charge in [0.15, 0.2) is 5.82 Å². The summed E-state index contributed by atoms with van der Waals surface area (Å²) in [5, 5.41) is 12.6. The average Bonchev–Trinajstić information content (AvgIpc) is 3.21. The highest BCUT2D eigenvalue weighted by atomic mass is 19.1. The Labute approximate surface area is 170 Å². The van der Waals surface area contributed by atoms with Crippen molar-refractivity contribution in [3.8, 4) is 0 Å². The van der Waals surface area contributed by atoms with Gasteiger partial charge in [-0.1, -0.05) is 55.8 Å². The van der Waals surface area contributed by atoms with E-state index in [9.17, 15) is 4.39 Å². The van der Waals surface area contributed by atoms with E-state index in [-0.39, 0.29) is 11.9 Å². The van der Waals surface area contributed by atoms with E-state index < -0.39 is 0 Å². The quantitative estimate of drug-likeness (QED) is 0.614. The van der Waals surface area contributed by atoms with Crippen LogP contribution >= 0.6 is 0 Å². The number of anilines is 1. The first kappa shape index (κ1) is 19.5. The predicted molar refractivity (Wildman–Crippen MR) is 111 cm³/mol. The van der Waals surface area contributed by atoms with Gasteiger partial charge in [-0.3, -0.25) is 4.90 Å². The molecule has 0 spiro atoms. The lowest BCUT2D eigenvalue weighted by molar-refractivity contribution is 0.164. The van der Waals surface area contributed by atoms with E-state index in [1.165, 1.54) is 11.6 Å². The van der Waals surface area contributed by atoms with Crippen LogP contribution in [0, 0.1) is 5.82 Å². The van der Waals surface area contributed by atoms with E-state index >= 15 is 0 Å². The van der Waals surface area contributed by atoms with Gasteiger partial charge in [-0.2, -0.15) is 0 Å². The Morgan fingerprint density at radius 3 is 2.41 bits per heavy atom. The van der Waals surface area contributed by atoms with Gasteiger partial charge in [0, 0.05) is 26.2 Å². The van der Waals surface area contributed by atoms with Crippen molar-refractivity contribution in [2.45, 2.75) is 32.4 Å². The number of nitrogens with zero attached hydrogens (tertiary/aromatic N) is 6. The van der Waals surface area contributed by atoms with Crippen molar-refractivity contribution in [1.82, 2.24) is 25.1 Å². The number of piperazine rings is 1. The lowest BCUT2D eigenvalue weighted by atomic mass is 10.1. The number of benzene rings is 2. The fraction of sp³-hybridized carbons (Fsp3) is 0.409. The van der Waals surface area contributed by atoms with Crippen molar-refractivity contribution in [3.63, 3.8) is 0 Å². The summed E-state index contributed by atoms with van der Waals surface area (Å²) in [6.07, 6.45) is 2.05. The molecule has 1 aliphatic heterocycles. The summed E-state index contributed by atoms with van der Waals surface area (Å²) in [6.45, 7) is 6.16. The molecule has 0 bridgehead atoms. The highest BCUT2D eigenvalue weighted by molar-refractivity contribution is 5.48. The lowest BCUT2D eigenvalue weighted by Gasteiger charge is -2.39. The molecule has 0 aliphatic carbocycles. The van der Waals surface area contributed by atoms with Crippen LogP contribution < -0.4 is 4.90 Å². The van der Waals surface area contributed by atoms with Crippen LogP contribution in [0.15, 0.2) is 54.6 Å². The van der Waals surface area contributed by atoms with E-state index in [2.05, 4.69) is 44.4 Å². The molecule has 0 amide bonds. The summed E-state index contributed by atoms with van der Waals surface area (Å²) in [7, 11) is 0. The molecule has 4 rings (SSSR count). The standard InChI is InChI=1S/C22H27FN6/c1-2-8-21(22-24-25-26-29(22)17-18-9-4-3-5-10-18)28-15-13-27(14-16-28)20-12-7-6-11-19(20)23/h3-7,9-12,21H,2,8,13-17H2,1H3. The summed E-state index contributed by atoms with van der Waals surface area (Å²) in [5.41, 5.74) is 1.87. The van der Waals surface area contributed by atoms with Gasteiger partial charge in [-0.15, -0.1) is 5.10 Å². The summed E-state index contributed by atoms with van der Waals surface area (Å²) in [4.78, 5) is 4.57. The zero-order valence-corrected chi connectivity index (χ0v) is 16.8. The highest BCUT2D eigenvalue weighted by Crippen LogP contribution is 2.27. The van der Waals surface area contributed by atoms with Crippen LogP contribution in [-0.4, -0.2) is 51.3 Å². The minimum absolute atomic E-state index is 0.155. The number of hydrogen-bond acceptors (Lipinski definition) is 5. The maximum atomic E-state index is 14.1. The second-order valence-electron chi connectivity index (χ2n) is 7.46. The minimum Gasteiger partial charge on any atom is -0.367 e. The van der Waals surface area contributed by atoms with Gasteiger partial charge in [-0.25, -0.2) is 9.07 Å². The molecule has 7 heteroatoms. The fourth-order valence-electron chi connectivity index (χ4n) is 4.05. The molecule has 0 radical (unpaired) electrons. The molecule has 1 unspecified atom stereocenters. The maximum Gasteiger partial charge on any atom is 0.168 e. The van der Waals surface area contributed by atoms with Gasteiger partial charge in [0.25, 0.3) is 0 Å². The van der Waals surface area contributed by atoms with Gasteiger partial charge < -0.3 is 4.90 Å². The first-order valence-electron chi connectivity index (χ1n) is 10.3. The molecule has 1 aliphatic rings. The molecule has 152 valence electrons. The number of para-hydroxylation sites is 1. The monoisotopic (exact) mass is 394 g/mol. The van der Waals surface area contributed by atoms with Crippen LogP contribution in [0.5, 0.6) is 0 Å². The molecule has 1 aromatic heterocycles. The largest absolute Gasteiger partial charge is 0.367 e. The van der Waals surface area contributed by atoms with Crippen molar-refractivity contribution in [1.29, 1.82) is 0 Å². The third-order valence-electron chi connectivity index (χ3n) is 5.54. The van der Waals surface area contributed by atoms with E-state index in [0.717, 1.165) is 44.8 Å². The van der Waals surface area contributed by atoms with Gasteiger partial charge >= 0.3 is 0 Å². The molecule has 1 fully saturated rings. The second kappa shape index (κ2) is 9.13. The summed E-state index contributed by atoms with van der Waals surface area (Å²) >= 11 is 0. The minimum atomic E-state index is -0.155. The van der Waals surface area contributed by atoms with Crippen LogP contribution in [0.1, 0.15) is 37.2 Å². The van der Waals surface area contributed by atoms with Gasteiger partial charge in [0.1, 0.15) is 5.82 Å². The third-order valence-corrected chi connectivity index (χ3v) is 5.54. The summed E-state index contributed by atoms with van der Waals surface area (Å²) in [6, 6.07) is 17.4. The summed E-state index contributed by atoms with van der Waals surface area (Å²) < 4.78 is 16.1. The van der Waals surface area contributed by atoms with Crippen molar-refractivity contribution >= 4 is 5.69 Å². The molecule has 6 nitrogen and oxygen atoms in total.